The molecule has 0 fully saturated rings. The molecule has 2 heteroatoms. The fourth-order valence-corrected chi connectivity index (χ4v) is 1.23. The van der Waals surface area contributed by atoms with Gasteiger partial charge < -0.3 is 10.0 Å². The number of phenolic OH excluding ortho intramolecular Hbond substituents is 1. The van der Waals surface area contributed by atoms with Crippen molar-refractivity contribution in [1.82, 2.24) is 0 Å². The molecule has 0 atom stereocenters. The molecule has 0 unspecified atom stereocenters. The van der Waals surface area contributed by atoms with Crippen LogP contribution in [0.2, 0.25) is 0 Å². The first-order valence-corrected chi connectivity index (χ1v) is 4.23. The van der Waals surface area contributed by atoms with Crippen LogP contribution in [0.15, 0.2) is 18.2 Å². The second-order valence-corrected chi connectivity index (χ2v) is 2.60. The van der Waals surface area contributed by atoms with Crippen LogP contribution in [0.5, 0.6) is 5.75 Å². The number of hydrogen-bond acceptors (Lipinski definition) is 2. The molecule has 1 rings (SSSR count). The number of aromatic hydroxyl groups is 1. The maximum absolute atomic E-state index is 9.17. The van der Waals surface area contributed by atoms with Crippen LogP contribution in [0.3, 0.4) is 0 Å². The minimum atomic E-state index is 0.208. The Labute approximate surface area is 73.4 Å². The number of rotatable bonds is 3. The first-order chi connectivity index (χ1) is 5.77. The lowest BCUT2D eigenvalue weighted by molar-refractivity contribution is 0.474. The van der Waals surface area contributed by atoms with Crippen LogP contribution in [0, 0.1) is 6.07 Å². The van der Waals surface area contributed by atoms with Gasteiger partial charge in [0.15, 0.2) is 0 Å². The lowest BCUT2D eigenvalue weighted by Gasteiger charge is -2.20. The van der Waals surface area contributed by atoms with Crippen LogP contribution in [-0.2, 0) is 0 Å². The second-order valence-electron chi connectivity index (χ2n) is 2.60. The summed E-state index contributed by atoms with van der Waals surface area (Å²) >= 11 is 0. The quantitative estimate of drug-likeness (QED) is 0.739. The van der Waals surface area contributed by atoms with E-state index in [-0.39, 0.29) is 5.75 Å². The number of benzene rings is 1. The molecule has 0 saturated heterocycles. The summed E-state index contributed by atoms with van der Waals surface area (Å²) in [6.45, 7) is 6.11. The summed E-state index contributed by atoms with van der Waals surface area (Å²) in [7, 11) is 0. The standard InChI is InChI=1S/C10H14NO/c1-3-11(4-2)9-6-5-7-10(12)8-9/h5-6,8,12H,3-4H2,1-2H3. The van der Waals surface area contributed by atoms with Gasteiger partial charge in [-0.25, -0.2) is 0 Å². The van der Waals surface area contributed by atoms with Crippen molar-refractivity contribution in [3.05, 3.63) is 24.3 Å². The van der Waals surface area contributed by atoms with Crippen molar-refractivity contribution in [3.8, 4) is 5.75 Å². The third kappa shape index (κ3) is 1.91. The highest BCUT2D eigenvalue weighted by Gasteiger charge is 2.00. The first-order valence-electron chi connectivity index (χ1n) is 4.23. The molecule has 1 radical (unpaired) electrons. The predicted molar refractivity (Wildman–Crippen MR) is 50.5 cm³/mol. The molecule has 0 saturated carbocycles. The summed E-state index contributed by atoms with van der Waals surface area (Å²) in [5.41, 5.74) is 1.05. The lowest BCUT2D eigenvalue weighted by Crippen LogP contribution is -2.21. The average Bonchev–Trinajstić information content (AvgIpc) is 2.07. The molecule has 12 heavy (non-hydrogen) atoms. The minimum absolute atomic E-state index is 0.208. The monoisotopic (exact) mass is 164 g/mol. The van der Waals surface area contributed by atoms with Gasteiger partial charge in [-0.2, -0.15) is 0 Å². The molecule has 0 aliphatic carbocycles. The van der Waals surface area contributed by atoms with Crippen molar-refractivity contribution in [2.75, 3.05) is 18.0 Å². The van der Waals surface area contributed by atoms with E-state index in [0.717, 1.165) is 18.8 Å². The summed E-state index contributed by atoms with van der Waals surface area (Å²) in [6.07, 6.45) is 0. The highest BCUT2D eigenvalue weighted by molar-refractivity contribution is 5.49. The van der Waals surface area contributed by atoms with E-state index in [4.69, 9.17) is 0 Å². The zero-order valence-electron chi connectivity index (χ0n) is 7.54. The zero-order valence-corrected chi connectivity index (χ0v) is 7.54. The Morgan fingerprint density at radius 1 is 1.42 bits per heavy atom. The van der Waals surface area contributed by atoms with Crippen molar-refractivity contribution >= 4 is 5.69 Å². The van der Waals surface area contributed by atoms with Gasteiger partial charge >= 0.3 is 0 Å². The smallest absolute Gasteiger partial charge is 0.125 e. The van der Waals surface area contributed by atoms with Crippen molar-refractivity contribution in [3.63, 3.8) is 0 Å². The Morgan fingerprint density at radius 2 is 2.08 bits per heavy atom. The van der Waals surface area contributed by atoms with Crippen LogP contribution >= 0.6 is 0 Å². The van der Waals surface area contributed by atoms with Crippen LogP contribution in [0.25, 0.3) is 0 Å². The molecule has 0 amide bonds. The molecule has 2 nitrogen and oxygen atoms in total. The maximum Gasteiger partial charge on any atom is 0.125 e. The summed E-state index contributed by atoms with van der Waals surface area (Å²) in [5, 5.41) is 9.17. The van der Waals surface area contributed by atoms with Gasteiger partial charge in [-0.15, -0.1) is 0 Å². The molecule has 1 aromatic carbocycles. The van der Waals surface area contributed by atoms with Gasteiger partial charge in [-0.05, 0) is 26.0 Å². The largest absolute Gasteiger partial charge is 0.507 e. The van der Waals surface area contributed by atoms with Crippen molar-refractivity contribution < 1.29 is 5.11 Å². The topological polar surface area (TPSA) is 23.5 Å². The number of hydrogen-bond donors (Lipinski definition) is 1. The summed E-state index contributed by atoms with van der Waals surface area (Å²) < 4.78 is 0. The van der Waals surface area contributed by atoms with Gasteiger partial charge in [-0.1, -0.05) is 0 Å². The molecule has 0 heterocycles. The Hall–Kier alpha value is -1.18. The summed E-state index contributed by atoms with van der Waals surface area (Å²) in [4.78, 5) is 2.17. The first kappa shape index (κ1) is 8.91. The highest BCUT2D eigenvalue weighted by Crippen LogP contribution is 2.18. The zero-order chi connectivity index (χ0) is 8.97. The van der Waals surface area contributed by atoms with Crippen molar-refractivity contribution in [2.24, 2.45) is 0 Å². The number of nitrogens with zero attached hydrogens (tertiary/aromatic N) is 1. The number of phenols is 1. The summed E-state index contributed by atoms with van der Waals surface area (Å²) in [6, 6.07) is 8.12. The Morgan fingerprint density at radius 3 is 2.58 bits per heavy atom. The number of anilines is 1. The van der Waals surface area contributed by atoms with E-state index < -0.39 is 0 Å². The van der Waals surface area contributed by atoms with Gasteiger partial charge in [0.25, 0.3) is 0 Å². The molecular formula is C10H14NO. The van der Waals surface area contributed by atoms with Crippen molar-refractivity contribution in [1.29, 1.82) is 0 Å². The van der Waals surface area contributed by atoms with E-state index in [1.54, 1.807) is 12.1 Å². The third-order valence-corrected chi connectivity index (χ3v) is 1.90. The van der Waals surface area contributed by atoms with Crippen LogP contribution in [-0.4, -0.2) is 18.2 Å². The molecule has 0 aliphatic rings. The normalized spacial score (nSPS) is 9.83. The average molecular weight is 164 g/mol. The Bertz CT molecular complexity index is 243. The molecular weight excluding hydrogens is 150 g/mol. The minimum Gasteiger partial charge on any atom is -0.507 e. The van der Waals surface area contributed by atoms with E-state index in [1.807, 2.05) is 6.07 Å². The van der Waals surface area contributed by atoms with E-state index >= 15 is 0 Å². The molecule has 0 spiro atoms. The van der Waals surface area contributed by atoms with Gasteiger partial charge in [0.2, 0.25) is 0 Å². The van der Waals surface area contributed by atoms with Gasteiger partial charge in [0, 0.05) is 30.9 Å². The maximum atomic E-state index is 9.17. The highest BCUT2D eigenvalue weighted by atomic mass is 16.3. The van der Waals surface area contributed by atoms with Gasteiger partial charge in [-0.3, -0.25) is 0 Å². The SMILES string of the molecule is CCN(CC)c1cc[c]c(O)c1. The predicted octanol–water partition coefficient (Wildman–Crippen LogP) is 2.04. The lowest BCUT2D eigenvalue weighted by atomic mass is 10.2. The third-order valence-electron chi connectivity index (χ3n) is 1.90. The molecule has 65 valence electrons. The van der Waals surface area contributed by atoms with Gasteiger partial charge in [0.05, 0.1) is 0 Å². The molecule has 0 aromatic heterocycles. The van der Waals surface area contributed by atoms with E-state index in [0.29, 0.717) is 0 Å². The van der Waals surface area contributed by atoms with Gasteiger partial charge in [0.1, 0.15) is 5.75 Å². The fraction of sp³-hybridized carbons (Fsp3) is 0.400. The fourth-order valence-electron chi connectivity index (χ4n) is 1.23. The van der Waals surface area contributed by atoms with E-state index in [2.05, 4.69) is 24.8 Å². The van der Waals surface area contributed by atoms with E-state index in [1.165, 1.54) is 0 Å². The van der Waals surface area contributed by atoms with Crippen LogP contribution in [0.1, 0.15) is 13.8 Å². The second kappa shape index (κ2) is 4.00. The van der Waals surface area contributed by atoms with Crippen LogP contribution in [0.4, 0.5) is 5.69 Å². The van der Waals surface area contributed by atoms with Crippen LogP contribution < -0.4 is 4.90 Å². The Kier molecular flexibility index (Phi) is 2.97. The molecule has 1 aromatic rings. The molecule has 0 bridgehead atoms. The molecule has 0 aliphatic heterocycles. The van der Waals surface area contributed by atoms with E-state index in [9.17, 15) is 5.11 Å². The molecule has 1 N–H and O–H groups in total. The summed E-state index contributed by atoms with van der Waals surface area (Å²) in [5.74, 6) is 0.208. The Balaban J connectivity index is 2.85. The van der Waals surface area contributed by atoms with Crippen molar-refractivity contribution in [2.45, 2.75) is 13.8 Å².